The number of rotatable bonds is 5. The van der Waals surface area contributed by atoms with Crippen LogP contribution in [-0.2, 0) is 4.79 Å². The highest BCUT2D eigenvalue weighted by molar-refractivity contribution is 5.78. The molecule has 0 saturated carbocycles. The second kappa shape index (κ2) is 6.20. The van der Waals surface area contributed by atoms with Crippen molar-refractivity contribution in [2.24, 2.45) is 11.8 Å². The number of carbonyl (C=O) groups is 1. The van der Waals surface area contributed by atoms with Gasteiger partial charge in [0.15, 0.2) is 0 Å². The number of benzene rings is 1. The molecule has 1 amide bonds. The monoisotopic (exact) mass is 260 g/mol. The van der Waals surface area contributed by atoms with Gasteiger partial charge in [-0.3, -0.25) is 4.79 Å². The van der Waals surface area contributed by atoms with Gasteiger partial charge in [-0.1, -0.05) is 44.2 Å². The fraction of sp³-hybridized carbons (Fsp3) is 0.562. The minimum Gasteiger partial charge on any atom is -0.345 e. The Morgan fingerprint density at radius 3 is 2.47 bits per heavy atom. The average Bonchev–Trinajstić information content (AvgIpc) is 2.36. The van der Waals surface area contributed by atoms with Crippen LogP contribution in [0, 0.1) is 11.8 Å². The lowest BCUT2D eigenvalue weighted by Crippen LogP contribution is -2.50. The third-order valence-electron chi connectivity index (χ3n) is 4.20. The Bertz CT molecular complexity index is 414. The van der Waals surface area contributed by atoms with Crippen molar-refractivity contribution in [3.8, 4) is 0 Å². The molecule has 2 rings (SSSR count). The molecule has 104 valence electrons. The van der Waals surface area contributed by atoms with Crippen molar-refractivity contribution in [2.75, 3.05) is 26.7 Å². The Morgan fingerprint density at radius 1 is 1.32 bits per heavy atom. The largest absolute Gasteiger partial charge is 0.345 e. The van der Waals surface area contributed by atoms with E-state index in [1.165, 1.54) is 5.56 Å². The molecule has 1 aromatic rings. The van der Waals surface area contributed by atoms with Crippen LogP contribution in [0.3, 0.4) is 0 Å². The summed E-state index contributed by atoms with van der Waals surface area (Å²) >= 11 is 0. The van der Waals surface area contributed by atoms with E-state index in [2.05, 4.69) is 43.4 Å². The van der Waals surface area contributed by atoms with E-state index in [-0.39, 0.29) is 11.8 Å². The fourth-order valence-electron chi connectivity index (χ4n) is 2.60. The van der Waals surface area contributed by atoms with Crippen molar-refractivity contribution < 1.29 is 4.79 Å². The van der Waals surface area contributed by atoms with Crippen molar-refractivity contribution in [3.63, 3.8) is 0 Å². The van der Waals surface area contributed by atoms with Crippen LogP contribution in [0.4, 0.5) is 0 Å². The molecule has 0 spiro atoms. The average molecular weight is 260 g/mol. The molecule has 0 aromatic heterocycles. The summed E-state index contributed by atoms with van der Waals surface area (Å²) in [7, 11) is 1.92. The molecule has 19 heavy (non-hydrogen) atoms. The Hall–Kier alpha value is -1.35. The number of hydrogen-bond acceptors (Lipinski definition) is 2. The summed E-state index contributed by atoms with van der Waals surface area (Å²) in [5.74, 6) is 1.30. The summed E-state index contributed by atoms with van der Waals surface area (Å²) in [5, 5.41) is 3.23. The molecule has 1 aliphatic rings. The van der Waals surface area contributed by atoms with E-state index in [4.69, 9.17) is 0 Å². The Kier molecular flexibility index (Phi) is 4.59. The second-order valence-electron chi connectivity index (χ2n) is 5.74. The SMILES string of the molecule is CC(CN(C)C(=O)C(C)C1CNC1)c1ccccc1. The van der Waals surface area contributed by atoms with Gasteiger partial charge in [-0.05, 0) is 30.5 Å². The molecule has 0 aliphatic carbocycles. The van der Waals surface area contributed by atoms with Gasteiger partial charge in [-0.2, -0.15) is 0 Å². The van der Waals surface area contributed by atoms with Gasteiger partial charge in [0.2, 0.25) is 5.91 Å². The molecule has 3 heteroatoms. The predicted octanol–water partition coefficient (Wildman–Crippen LogP) is 2.10. The third-order valence-corrected chi connectivity index (χ3v) is 4.20. The number of nitrogens with one attached hydrogen (secondary N) is 1. The van der Waals surface area contributed by atoms with Gasteiger partial charge < -0.3 is 10.2 Å². The molecule has 1 aliphatic heterocycles. The van der Waals surface area contributed by atoms with E-state index < -0.39 is 0 Å². The van der Waals surface area contributed by atoms with Crippen LogP contribution in [0.2, 0.25) is 0 Å². The van der Waals surface area contributed by atoms with Crippen molar-refractivity contribution in [2.45, 2.75) is 19.8 Å². The smallest absolute Gasteiger partial charge is 0.225 e. The van der Waals surface area contributed by atoms with E-state index in [9.17, 15) is 4.79 Å². The summed E-state index contributed by atoms with van der Waals surface area (Å²) < 4.78 is 0. The molecule has 1 N–H and O–H groups in total. The van der Waals surface area contributed by atoms with Crippen LogP contribution in [0.5, 0.6) is 0 Å². The summed E-state index contributed by atoms with van der Waals surface area (Å²) in [6.07, 6.45) is 0. The Labute approximate surface area is 116 Å². The van der Waals surface area contributed by atoms with Gasteiger partial charge in [-0.25, -0.2) is 0 Å². The predicted molar refractivity (Wildman–Crippen MR) is 78.0 cm³/mol. The first-order chi connectivity index (χ1) is 9.09. The molecule has 1 fully saturated rings. The Balaban J connectivity index is 1.89. The Morgan fingerprint density at radius 2 is 1.95 bits per heavy atom. The molecule has 1 aromatic carbocycles. The lowest BCUT2D eigenvalue weighted by Gasteiger charge is -2.34. The minimum atomic E-state index is 0.134. The van der Waals surface area contributed by atoms with Gasteiger partial charge in [-0.15, -0.1) is 0 Å². The lowest BCUT2D eigenvalue weighted by molar-refractivity contribution is -0.136. The normalized spacial score (nSPS) is 18.5. The summed E-state index contributed by atoms with van der Waals surface area (Å²) in [5.41, 5.74) is 1.29. The standard InChI is InChI=1S/C16H24N2O/c1-12(14-7-5-4-6-8-14)11-18(3)16(19)13(2)15-9-17-10-15/h4-8,12-13,15,17H,9-11H2,1-3H3. The quantitative estimate of drug-likeness (QED) is 0.879. The van der Waals surface area contributed by atoms with Gasteiger partial charge >= 0.3 is 0 Å². The fourth-order valence-corrected chi connectivity index (χ4v) is 2.60. The maximum absolute atomic E-state index is 12.3. The molecule has 0 bridgehead atoms. The van der Waals surface area contributed by atoms with Crippen LogP contribution in [-0.4, -0.2) is 37.5 Å². The highest BCUT2D eigenvalue weighted by Crippen LogP contribution is 2.20. The van der Waals surface area contributed by atoms with Crippen molar-refractivity contribution in [1.82, 2.24) is 10.2 Å². The molecule has 1 heterocycles. The van der Waals surface area contributed by atoms with Gasteiger partial charge in [0, 0.05) is 19.5 Å². The molecule has 0 radical (unpaired) electrons. The van der Waals surface area contributed by atoms with Crippen LogP contribution >= 0.6 is 0 Å². The number of likely N-dealkylation sites (N-methyl/N-ethyl adjacent to an activating group) is 1. The zero-order valence-corrected chi connectivity index (χ0v) is 12.1. The first kappa shape index (κ1) is 14.1. The topological polar surface area (TPSA) is 32.3 Å². The van der Waals surface area contributed by atoms with E-state index in [0.717, 1.165) is 19.6 Å². The number of nitrogens with zero attached hydrogens (tertiary/aromatic N) is 1. The van der Waals surface area contributed by atoms with E-state index >= 15 is 0 Å². The molecule has 2 unspecified atom stereocenters. The highest BCUT2D eigenvalue weighted by atomic mass is 16.2. The first-order valence-corrected chi connectivity index (χ1v) is 7.10. The van der Waals surface area contributed by atoms with E-state index in [0.29, 0.717) is 11.8 Å². The number of hydrogen-bond donors (Lipinski definition) is 1. The minimum absolute atomic E-state index is 0.134. The van der Waals surface area contributed by atoms with Gasteiger partial charge in [0.05, 0.1) is 0 Å². The summed E-state index contributed by atoms with van der Waals surface area (Å²) in [4.78, 5) is 14.2. The van der Waals surface area contributed by atoms with Crippen LogP contribution < -0.4 is 5.32 Å². The summed E-state index contributed by atoms with van der Waals surface area (Å²) in [6, 6.07) is 10.4. The summed E-state index contributed by atoms with van der Waals surface area (Å²) in [6.45, 7) is 6.98. The van der Waals surface area contributed by atoms with Gasteiger partial charge in [0.1, 0.15) is 0 Å². The zero-order chi connectivity index (χ0) is 13.8. The van der Waals surface area contributed by atoms with Crippen LogP contribution in [0.1, 0.15) is 25.3 Å². The van der Waals surface area contributed by atoms with Crippen LogP contribution in [0.15, 0.2) is 30.3 Å². The second-order valence-corrected chi connectivity index (χ2v) is 5.74. The molecular weight excluding hydrogens is 236 g/mol. The van der Waals surface area contributed by atoms with Crippen molar-refractivity contribution >= 4 is 5.91 Å². The number of amides is 1. The number of carbonyl (C=O) groups excluding carboxylic acids is 1. The van der Waals surface area contributed by atoms with E-state index in [1.807, 2.05) is 18.0 Å². The molecule has 2 atom stereocenters. The van der Waals surface area contributed by atoms with E-state index in [1.54, 1.807) is 0 Å². The molecule has 1 saturated heterocycles. The third kappa shape index (κ3) is 3.35. The van der Waals surface area contributed by atoms with Crippen LogP contribution in [0.25, 0.3) is 0 Å². The molecule has 3 nitrogen and oxygen atoms in total. The van der Waals surface area contributed by atoms with Gasteiger partial charge in [0.25, 0.3) is 0 Å². The molecular formula is C16H24N2O. The maximum atomic E-state index is 12.3. The highest BCUT2D eigenvalue weighted by Gasteiger charge is 2.30. The van der Waals surface area contributed by atoms with Crippen molar-refractivity contribution in [3.05, 3.63) is 35.9 Å². The maximum Gasteiger partial charge on any atom is 0.225 e. The zero-order valence-electron chi connectivity index (χ0n) is 12.1. The van der Waals surface area contributed by atoms with Crippen molar-refractivity contribution in [1.29, 1.82) is 0 Å². The lowest BCUT2D eigenvalue weighted by atomic mass is 9.87. The first-order valence-electron chi connectivity index (χ1n) is 7.10.